The van der Waals surface area contributed by atoms with E-state index in [2.05, 4.69) is 68.2 Å². The molecule has 256 valence electrons. The normalized spacial score (nSPS) is 17.8. The number of ether oxygens (including phenoxy) is 1. The fourth-order valence-electron chi connectivity index (χ4n) is 6.47. The van der Waals surface area contributed by atoms with Gasteiger partial charge >= 0.3 is 0 Å². The van der Waals surface area contributed by atoms with Crippen molar-refractivity contribution < 1.29 is 14.3 Å². The molecule has 3 aliphatic heterocycles. The van der Waals surface area contributed by atoms with Crippen LogP contribution < -0.4 is 4.74 Å². The Balaban J connectivity index is 0.943. The zero-order valence-electron chi connectivity index (χ0n) is 28.6. The average molecular weight is 677 g/mol. The Morgan fingerprint density at radius 2 is 1.18 bits per heavy atom. The minimum absolute atomic E-state index is 0.150. The first-order valence-corrected chi connectivity index (χ1v) is 18.4. The van der Waals surface area contributed by atoms with Crippen LogP contribution in [0.1, 0.15) is 46.0 Å². The molecule has 0 N–H and O–H groups in total. The van der Waals surface area contributed by atoms with Gasteiger partial charge in [0.25, 0.3) is 0 Å². The van der Waals surface area contributed by atoms with Gasteiger partial charge in [-0.2, -0.15) is 0 Å². The fourth-order valence-corrected chi connectivity index (χ4v) is 7.50. The summed E-state index contributed by atoms with van der Waals surface area (Å²) in [4.78, 5) is 38.0. The molecular formula is C41H48N4O3S. The SMILES string of the molecule is C\C=C/C=C\C=C\CN1CCN(CCC(=O)c2ccc3c(c2)Sc2cc(C(=O)CCN4CCN(Cc5ccccc5)CC4)ccc2O3)CC1. The van der Waals surface area contributed by atoms with Crippen molar-refractivity contribution in [1.82, 2.24) is 19.6 Å². The lowest BCUT2D eigenvalue weighted by Gasteiger charge is -2.34. The van der Waals surface area contributed by atoms with E-state index in [9.17, 15) is 9.59 Å². The van der Waals surface area contributed by atoms with Crippen molar-refractivity contribution in [3.05, 3.63) is 120 Å². The molecule has 49 heavy (non-hydrogen) atoms. The number of benzene rings is 3. The van der Waals surface area contributed by atoms with Crippen LogP contribution in [0.15, 0.2) is 113 Å². The minimum atomic E-state index is 0.150. The maximum atomic E-state index is 13.2. The lowest BCUT2D eigenvalue weighted by Crippen LogP contribution is -2.46. The lowest BCUT2D eigenvalue weighted by atomic mass is 10.1. The van der Waals surface area contributed by atoms with E-state index in [-0.39, 0.29) is 11.6 Å². The van der Waals surface area contributed by atoms with E-state index in [0.717, 1.165) is 99.8 Å². The highest BCUT2D eigenvalue weighted by atomic mass is 32.2. The molecule has 3 aliphatic rings. The number of hydrogen-bond acceptors (Lipinski definition) is 8. The monoisotopic (exact) mass is 676 g/mol. The van der Waals surface area contributed by atoms with Crippen LogP contribution in [0.3, 0.4) is 0 Å². The van der Waals surface area contributed by atoms with Gasteiger partial charge in [-0.05, 0) is 48.9 Å². The molecule has 0 unspecified atom stereocenters. The summed E-state index contributed by atoms with van der Waals surface area (Å²) in [6.45, 7) is 13.5. The highest BCUT2D eigenvalue weighted by molar-refractivity contribution is 7.99. The predicted molar refractivity (Wildman–Crippen MR) is 199 cm³/mol. The Labute approximate surface area is 295 Å². The first-order chi connectivity index (χ1) is 24.0. The van der Waals surface area contributed by atoms with Crippen molar-refractivity contribution in [1.29, 1.82) is 0 Å². The molecule has 0 spiro atoms. The summed E-state index contributed by atoms with van der Waals surface area (Å²) in [5.41, 5.74) is 2.77. The quantitative estimate of drug-likeness (QED) is 0.103. The molecular weight excluding hydrogens is 629 g/mol. The third-order valence-corrected chi connectivity index (χ3v) is 10.6. The van der Waals surface area contributed by atoms with Crippen molar-refractivity contribution in [2.75, 3.05) is 72.0 Å². The minimum Gasteiger partial charge on any atom is -0.455 e. The zero-order valence-corrected chi connectivity index (χ0v) is 29.5. The number of allylic oxidation sites excluding steroid dienone is 5. The van der Waals surface area contributed by atoms with Gasteiger partial charge < -0.3 is 14.5 Å². The summed E-state index contributed by atoms with van der Waals surface area (Å²) in [7, 11) is 0. The van der Waals surface area contributed by atoms with Crippen LogP contribution in [0, 0.1) is 0 Å². The standard InChI is InChI=1S/C41H48N4O3S/c1-2-3-4-5-6-10-19-42-22-24-43(25-23-42)20-17-36(46)34-13-15-38-40(30-34)49-41-31-35(14-16-39(41)48-38)37(47)18-21-44-26-28-45(29-27-44)32-33-11-8-7-9-12-33/h2-16,30-31H,17-29,32H2,1H3/b3-2-,5-4-,10-6+. The summed E-state index contributed by atoms with van der Waals surface area (Å²) >= 11 is 1.58. The molecule has 2 saturated heterocycles. The Morgan fingerprint density at radius 3 is 1.76 bits per heavy atom. The van der Waals surface area contributed by atoms with Crippen LogP contribution in [-0.4, -0.2) is 103 Å². The number of carbonyl (C=O) groups is 2. The summed E-state index contributed by atoms with van der Waals surface area (Å²) in [5.74, 6) is 1.81. The molecule has 0 aliphatic carbocycles. The van der Waals surface area contributed by atoms with Crippen LogP contribution in [0.2, 0.25) is 0 Å². The second-order valence-corrected chi connectivity index (χ2v) is 14.0. The van der Waals surface area contributed by atoms with Gasteiger partial charge in [0.1, 0.15) is 11.5 Å². The first kappa shape index (κ1) is 35.1. The van der Waals surface area contributed by atoms with Crippen LogP contribution in [0.25, 0.3) is 0 Å². The van der Waals surface area contributed by atoms with Crippen LogP contribution in [-0.2, 0) is 6.54 Å². The second kappa shape index (κ2) is 17.7. The number of piperazine rings is 2. The molecule has 8 heteroatoms. The first-order valence-electron chi connectivity index (χ1n) is 17.6. The molecule has 0 radical (unpaired) electrons. The summed E-state index contributed by atoms with van der Waals surface area (Å²) in [6, 6.07) is 22.1. The number of hydrogen-bond donors (Lipinski definition) is 0. The van der Waals surface area contributed by atoms with E-state index in [1.807, 2.05) is 61.5 Å². The van der Waals surface area contributed by atoms with Crippen molar-refractivity contribution in [2.45, 2.75) is 36.1 Å². The predicted octanol–water partition coefficient (Wildman–Crippen LogP) is 7.21. The van der Waals surface area contributed by atoms with E-state index in [1.54, 1.807) is 11.8 Å². The van der Waals surface area contributed by atoms with Gasteiger partial charge in [-0.1, -0.05) is 78.5 Å². The molecule has 6 rings (SSSR count). The molecule has 3 aromatic rings. The van der Waals surface area contributed by atoms with Gasteiger partial charge in [0.05, 0.1) is 9.79 Å². The number of nitrogens with zero attached hydrogens (tertiary/aromatic N) is 4. The van der Waals surface area contributed by atoms with Gasteiger partial charge in [-0.25, -0.2) is 0 Å². The number of Topliss-reactive ketones (excluding diaryl/α,β-unsaturated/α-hetero) is 2. The Hall–Kier alpha value is -3.79. The molecule has 3 heterocycles. The molecule has 7 nitrogen and oxygen atoms in total. The zero-order chi connectivity index (χ0) is 33.8. The summed E-state index contributed by atoms with van der Waals surface area (Å²) < 4.78 is 6.19. The van der Waals surface area contributed by atoms with Crippen LogP contribution >= 0.6 is 11.8 Å². The molecule has 3 aromatic carbocycles. The third kappa shape index (κ3) is 10.1. The Bertz CT molecular complexity index is 1650. The molecule has 2 fully saturated rings. The van der Waals surface area contributed by atoms with Gasteiger partial charge in [0.15, 0.2) is 11.6 Å². The lowest BCUT2D eigenvalue weighted by molar-refractivity contribution is 0.0919. The van der Waals surface area contributed by atoms with Gasteiger partial charge in [-0.3, -0.25) is 19.4 Å². The highest BCUT2D eigenvalue weighted by Crippen LogP contribution is 2.47. The Kier molecular flexibility index (Phi) is 12.7. The van der Waals surface area contributed by atoms with E-state index in [0.29, 0.717) is 24.0 Å². The fraction of sp³-hybridized carbons (Fsp3) is 0.366. The summed E-state index contributed by atoms with van der Waals surface area (Å²) in [6.07, 6.45) is 13.4. The number of ketones is 2. The molecule has 0 bridgehead atoms. The molecule has 0 saturated carbocycles. The third-order valence-electron chi connectivity index (χ3n) is 9.49. The number of rotatable bonds is 14. The maximum Gasteiger partial charge on any atom is 0.164 e. The molecule has 0 atom stereocenters. The average Bonchev–Trinajstić information content (AvgIpc) is 3.14. The number of carbonyl (C=O) groups excluding carboxylic acids is 2. The molecule has 0 amide bonds. The topological polar surface area (TPSA) is 56.3 Å². The van der Waals surface area contributed by atoms with E-state index in [4.69, 9.17) is 4.74 Å². The largest absolute Gasteiger partial charge is 0.455 e. The van der Waals surface area contributed by atoms with Crippen molar-refractivity contribution in [3.63, 3.8) is 0 Å². The number of fused-ring (bicyclic) bond motifs is 2. The Morgan fingerprint density at radius 1 is 0.653 bits per heavy atom. The van der Waals surface area contributed by atoms with Gasteiger partial charge in [0, 0.05) is 103 Å². The van der Waals surface area contributed by atoms with Crippen molar-refractivity contribution in [3.8, 4) is 11.5 Å². The van der Waals surface area contributed by atoms with Gasteiger partial charge in [-0.15, -0.1) is 0 Å². The van der Waals surface area contributed by atoms with Crippen molar-refractivity contribution in [2.24, 2.45) is 0 Å². The summed E-state index contributed by atoms with van der Waals surface area (Å²) in [5, 5.41) is 0. The second-order valence-electron chi connectivity index (χ2n) is 13.0. The van der Waals surface area contributed by atoms with E-state index < -0.39 is 0 Å². The molecule has 0 aromatic heterocycles. The highest BCUT2D eigenvalue weighted by Gasteiger charge is 2.23. The smallest absolute Gasteiger partial charge is 0.164 e. The van der Waals surface area contributed by atoms with Crippen LogP contribution in [0.5, 0.6) is 11.5 Å². The van der Waals surface area contributed by atoms with E-state index >= 15 is 0 Å². The maximum absolute atomic E-state index is 13.2. The van der Waals surface area contributed by atoms with Crippen molar-refractivity contribution >= 4 is 23.3 Å². The van der Waals surface area contributed by atoms with E-state index in [1.165, 1.54) is 5.56 Å². The van der Waals surface area contributed by atoms with Crippen LogP contribution in [0.4, 0.5) is 0 Å². The van der Waals surface area contributed by atoms with Gasteiger partial charge in [0.2, 0.25) is 0 Å².